The van der Waals surface area contributed by atoms with E-state index in [1.807, 2.05) is 45.2 Å². The summed E-state index contributed by atoms with van der Waals surface area (Å²) in [5.74, 6) is -0.0657. The predicted octanol–water partition coefficient (Wildman–Crippen LogP) is 4.21. The number of thiazole rings is 1. The lowest BCUT2D eigenvalue weighted by atomic mass is 10.1. The number of carbonyl (C=O) groups excluding carboxylic acids is 1. The van der Waals surface area contributed by atoms with Crippen LogP contribution in [0.3, 0.4) is 0 Å². The molecule has 3 aromatic heterocycles. The fourth-order valence-corrected chi connectivity index (χ4v) is 4.18. The Labute approximate surface area is 166 Å². The van der Waals surface area contributed by atoms with Gasteiger partial charge in [-0.1, -0.05) is 29.2 Å². The van der Waals surface area contributed by atoms with Crippen LogP contribution in [0, 0.1) is 20.8 Å². The number of aryl methyl sites for hydroxylation is 3. The zero-order chi connectivity index (χ0) is 19.4. The highest BCUT2D eigenvalue weighted by Crippen LogP contribution is 2.31. The molecule has 1 amide bonds. The number of pyridine rings is 1. The van der Waals surface area contributed by atoms with Crippen LogP contribution < -0.4 is 5.32 Å². The summed E-state index contributed by atoms with van der Waals surface area (Å²) in [6.45, 7) is 5.85. The van der Waals surface area contributed by atoms with Crippen LogP contribution in [0.2, 0.25) is 0 Å². The van der Waals surface area contributed by atoms with Gasteiger partial charge in [-0.2, -0.15) is 0 Å². The van der Waals surface area contributed by atoms with Crippen LogP contribution in [0.1, 0.15) is 29.1 Å². The van der Waals surface area contributed by atoms with E-state index in [0.717, 1.165) is 38.4 Å². The van der Waals surface area contributed by atoms with Crippen molar-refractivity contribution in [3.05, 3.63) is 47.0 Å². The molecule has 0 aliphatic rings. The number of hydrogen-bond acceptors (Lipinski definition) is 7. The Morgan fingerprint density at radius 3 is 2.48 bits per heavy atom. The van der Waals surface area contributed by atoms with Crippen LogP contribution in [0.5, 0.6) is 0 Å². The van der Waals surface area contributed by atoms with Gasteiger partial charge in [0.15, 0.2) is 10.3 Å². The van der Waals surface area contributed by atoms with Gasteiger partial charge in [0, 0.05) is 24.0 Å². The zero-order valence-corrected chi connectivity index (χ0v) is 17.4. The second-order valence-corrected chi connectivity index (χ2v) is 7.83. The van der Waals surface area contributed by atoms with E-state index >= 15 is 0 Å². The first kappa shape index (κ1) is 19.4. The number of nitrogens with one attached hydrogen (secondary N) is 1. The van der Waals surface area contributed by atoms with Gasteiger partial charge in [-0.05, 0) is 51.1 Å². The molecule has 6 nitrogen and oxygen atoms in total. The lowest BCUT2D eigenvalue weighted by molar-refractivity contribution is -0.116. The van der Waals surface area contributed by atoms with E-state index < -0.39 is 0 Å². The van der Waals surface area contributed by atoms with Gasteiger partial charge in [0.25, 0.3) is 0 Å². The van der Waals surface area contributed by atoms with E-state index in [2.05, 4.69) is 25.3 Å². The minimum Gasteiger partial charge on any atom is -0.302 e. The van der Waals surface area contributed by atoms with Gasteiger partial charge in [-0.3, -0.25) is 9.78 Å². The lowest BCUT2D eigenvalue weighted by Crippen LogP contribution is -2.13. The van der Waals surface area contributed by atoms with Gasteiger partial charge in [0.05, 0.1) is 16.3 Å². The standard InChI is InChI=1S/C19H21N5OS2/c1-11-14(12(2)22-18(21-11)26-4)8-9-16(25)24-19-23-13(3)17(27-19)15-7-5-6-10-20-15/h5-7,10H,8-9H2,1-4H3,(H,23,24,25). The van der Waals surface area contributed by atoms with Crippen LogP contribution in [0.25, 0.3) is 10.6 Å². The summed E-state index contributed by atoms with van der Waals surface area (Å²) in [5, 5.41) is 4.26. The van der Waals surface area contributed by atoms with Gasteiger partial charge in [-0.25, -0.2) is 15.0 Å². The van der Waals surface area contributed by atoms with Crippen LogP contribution in [-0.4, -0.2) is 32.1 Å². The Bertz CT molecular complexity index is 933. The highest BCUT2D eigenvalue weighted by atomic mass is 32.2. The van der Waals surface area contributed by atoms with E-state index in [-0.39, 0.29) is 5.91 Å². The second kappa shape index (κ2) is 8.58. The van der Waals surface area contributed by atoms with E-state index in [1.54, 1.807) is 6.20 Å². The molecule has 0 unspecified atom stereocenters. The van der Waals surface area contributed by atoms with Crippen molar-refractivity contribution >= 4 is 34.1 Å². The number of aromatic nitrogens is 4. The predicted molar refractivity (Wildman–Crippen MR) is 110 cm³/mol. The van der Waals surface area contributed by atoms with E-state index in [9.17, 15) is 4.79 Å². The molecule has 0 radical (unpaired) electrons. The molecule has 1 N–H and O–H groups in total. The number of hydrogen-bond donors (Lipinski definition) is 1. The fraction of sp³-hybridized carbons (Fsp3) is 0.316. The summed E-state index contributed by atoms with van der Waals surface area (Å²) in [6.07, 6.45) is 4.68. The van der Waals surface area contributed by atoms with Crippen LogP contribution in [-0.2, 0) is 11.2 Å². The number of rotatable bonds is 6. The molecule has 8 heteroatoms. The Morgan fingerprint density at radius 1 is 1.11 bits per heavy atom. The van der Waals surface area contributed by atoms with Crippen molar-refractivity contribution in [3.8, 4) is 10.6 Å². The van der Waals surface area contributed by atoms with Crippen molar-refractivity contribution < 1.29 is 4.79 Å². The first-order chi connectivity index (χ1) is 13.0. The molecule has 0 aliphatic heterocycles. The van der Waals surface area contributed by atoms with Gasteiger partial charge in [-0.15, -0.1) is 0 Å². The third kappa shape index (κ3) is 4.70. The van der Waals surface area contributed by atoms with Gasteiger partial charge in [0.2, 0.25) is 5.91 Å². The molecule has 0 aromatic carbocycles. The third-order valence-corrected chi connectivity index (χ3v) is 5.77. The largest absolute Gasteiger partial charge is 0.302 e. The number of anilines is 1. The fourth-order valence-electron chi connectivity index (χ4n) is 2.77. The van der Waals surface area contributed by atoms with Crippen molar-refractivity contribution in [1.29, 1.82) is 0 Å². The van der Waals surface area contributed by atoms with Crippen LogP contribution in [0.4, 0.5) is 5.13 Å². The number of thioether (sulfide) groups is 1. The Morgan fingerprint density at radius 2 is 1.85 bits per heavy atom. The maximum Gasteiger partial charge on any atom is 0.226 e. The molecule has 0 saturated carbocycles. The van der Waals surface area contributed by atoms with Crippen molar-refractivity contribution in [2.75, 3.05) is 11.6 Å². The SMILES string of the molecule is CSc1nc(C)c(CCC(=O)Nc2nc(C)c(-c3ccccn3)s2)c(C)n1. The smallest absolute Gasteiger partial charge is 0.226 e. The van der Waals surface area contributed by atoms with Crippen LogP contribution in [0.15, 0.2) is 29.6 Å². The van der Waals surface area contributed by atoms with Crippen molar-refractivity contribution in [2.45, 2.75) is 38.8 Å². The first-order valence-corrected chi connectivity index (χ1v) is 10.6. The Balaban J connectivity index is 1.65. The Kier molecular flexibility index (Phi) is 6.18. The number of nitrogens with zero attached hydrogens (tertiary/aromatic N) is 4. The molecule has 3 aromatic rings. The molecule has 0 bridgehead atoms. The van der Waals surface area contributed by atoms with E-state index in [0.29, 0.717) is 18.0 Å². The molecule has 0 fully saturated rings. The normalized spacial score (nSPS) is 10.8. The summed E-state index contributed by atoms with van der Waals surface area (Å²) in [7, 11) is 0. The van der Waals surface area contributed by atoms with Crippen molar-refractivity contribution in [3.63, 3.8) is 0 Å². The molecule has 0 spiro atoms. The van der Waals surface area contributed by atoms with Gasteiger partial charge >= 0.3 is 0 Å². The zero-order valence-electron chi connectivity index (χ0n) is 15.7. The highest BCUT2D eigenvalue weighted by Gasteiger charge is 2.14. The average Bonchev–Trinajstić information content (AvgIpc) is 3.01. The molecule has 0 saturated heterocycles. The maximum absolute atomic E-state index is 12.4. The molecular formula is C19H21N5OS2. The molecule has 0 aliphatic carbocycles. The topological polar surface area (TPSA) is 80.7 Å². The van der Waals surface area contributed by atoms with E-state index in [1.165, 1.54) is 23.1 Å². The van der Waals surface area contributed by atoms with Crippen molar-refractivity contribution in [2.24, 2.45) is 0 Å². The van der Waals surface area contributed by atoms with E-state index in [4.69, 9.17) is 0 Å². The minimum atomic E-state index is -0.0657. The molecule has 27 heavy (non-hydrogen) atoms. The first-order valence-electron chi connectivity index (χ1n) is 8.54. The molecule has 3 rings (SSSR count). The van der Waals surface area contributed by atoms with Gasteiger partial charge in [0.1, 0.15) is 0 Å². The highest BCUT2D eigenvalue weighted by molar-refractivity contribution is 7.98. The summed E-state index contributed by atoms with van der Waals surface area (Å²) < 4.78 is 0. The maximum atomic E-state index is 12.4. The molecule has 140 valence electrons. The average molecular weight is 400 g/mol. The third-order valence-electron chi connectivity index (χ3n) is 4.13. The summed E-state index contributed by atoms with van der Waals surface area (Å²) in [5.41, 5.74) is 4.63. The summed E-state index contributed by atoms with van der Waals surface area (Å²) >= 11 is 2.96. The summed E-state index contributed by atoms with van der Waals surface area (Å²) in [6, 6.07) is 5.76. The lowest BCUT2D eigenvalue weighted by Gasteiger charge is -2.09. The summed E-state index contributed by atoms with van der Waals surface area (Å²) in [4.78, 5) is 31.1. The number of amides is 1. The molecule has 3 heterocycles. The van der Waals surface area contributed by atoms with Crippen LogP contribution >= 0.6 is 23.1 Å². The minimum absolute atomic E-state index is 0.0657. The van der Waals surface area contributed by atoms with Gasteiger partial charge < -0.3 is 5.32 Å². The second-order valence-electron chi connectivity index (χ2n) is 6.06. The Hall–Kier alpha value is -2.32. The monoisotopic (exact) mass is 399 g/mol. The molecular weight excluding hydrogens is 378 g/mol. The van der Waals surface area contributed by atoms with Crippen molar-refractivity contribution in [1.82, 2.24) is 19.9 Å². The molecule has 0 atom stereocenters. The quantitative estimate of drug-likeness (QED) is 0.494. The number of carbonyl (C=O) groups is 1.